The van der Waals surface area contributed by atoms with Crippen LogP contribution in [0.25, 0.3) is 0 Å². The van der Waals surface area contributed by atoms with Crippen LogP contribution in [0.5, 0.6) is 5.75 Å². The van der Waals surface area contributed by atoms with Crippen molar-refractivity contribution < 1.29 is 9.53 Å². The third-order valence-corrected chi connectivity index (χ3v) is 2.74. The molecule has 0 aliphatic rings. The maximum atomic E-state index is 12.4. The van der Waals surface area contributed by atoms with Crippen molar-refractivity contribution in [2.75, 3.05) is 12.3 Å². The maximum absolute atomic E-state index is 12.4. The molecule has 0 radical (unpaired) electrons. The van der Waals surface area contributed by atoms with Crippen molar-refractivity contribution >= 4 is 11.5 Å². The van der Waals surface area contributed by atoms with Gasteiger partial charge in [-0.25, -0.2) is 0 Å². The van der Waals surface area contributed by atoms with Gasteiger partial charge in [0.25, 0.3) is 0 Å². The fourth-order valence-electron chi connectivity index (χ4n) is 1.83. The molecule has 2 aromatic carbocycles. The van der Waals surface area contributed by atoms with Crippen LogP contribution in [-0.2, 0) is 0 Å². The first-order valence-corrected chi connectivity index (χ1v) is 6.34. The van der Waals surface area contributed by atoms with Gasteiger partial charge in [-0.2, -0.15) is 0 Å². The number of ether oxygens (including phenoxy) is 1. The number of para-hydroxylation sites is 1. The molecule has 0 unspecified atom stereocenters. The number of nitrogens with two attached hydrogens (primary N) is 1. The van der Waals surface area contributed by atoms with Crippen LogP contribution in [0.15, 0.2) is 48.5 Å². The van der Waals surface area contributed by atoms with Crippen LogP contribution in [0.3, 0.4) is 0 Å². The smallest absolute Gasteiger partial charge is 0.196 e. The minimum atomic E-state index is -0.0704. The third-order valence-electron chi connectivity index (χ3n) is 2.74. The van der Waals surface area contributed by atoms with Crippen LogP contribution in [0.1, 0.15) is 29.3 Å². The van der Waals surface area contributed by atoms with Crippen molar-refractivity contribution in [3.05, 3.63) is 59.7 Å². The molecule has 0 atom stereocenters. The summed E-state index contributed by atoms with van der Waals surface area (Å²) in [5.41, 5.74) is 7.44. The van der Waals surface area contributed by atoms with Gasteiger partial charge in [0.1, 0.15) is 5.75 Å². The Labute approximate surface area is 113 Å². The van der Waals surface area contributed by atoms with Crippen molar-refractivity contribution in [1.82, 2.24) is 0 Å². The molecular weight excluding hydrogens is 238 g/mol. The molecule has 0 amide bonds. The quantitative estimate of drug-likeness (QED) is 0.659. The zero-order valence-electron chi connectivity index (χ0n) is 10.9. The van der Waals surface area contributed by atoms with Crippen molar-refractivity contribution in [2.45, 2.75) is 13.3 Å². The Morgan fingerprint density at radius 3 is 2.68 bits per heavy atom. The van der Waals surface area contributed by atoms with E-state index in [1.54, 1.807) is 30.3 Å². The summed E-state index contributed by atoms with van der Waals surface area (Å²) in [6, 6.07) is 14.3. The molecule has 0 spiro atoms. The highest BCUT2D eigenvalue weighted by Crippen LogP contribution is 2.22. The summed E-state index contributed by atoms with van der Waals surface area (Å²) in [6.07, 6.45) is 0.904. The summed E-state index contributed by atoms with van der Waals surface area (Å²) in [5, 5.41) is 0. The van der Waals surface area contributed by atoms with E-state index in [1.165, 1.54) is 0 Å². The lowest BCUT2D eigenvalue weighted by molar-refractivity contribution is 0.103. The molecule has 3 nitrogen and oxygen atoms in total. The lowest BCUT2D eigenvalue weighted by atomic mass is 10.0. The summed E-state index contributed by atoms with van der Waals surface area (Å²) in [5.74, 6) is 0.552. The number of hydrogen-bond donors (Lipinski definition) is 1. The minimum Gasteiger partial charge on any atom is -0.493 e. The highest BCUT2D eigenvalue weighted by molar-refractivity contribution is 6.11. The van der Waals surface area contributed by atoms with E-state index >= 15 is 0 Å². The molecule has 0 bridgehead atoms. The van der Waals surface area contributed by atoms with Crippen LogP contribution in [0.4, 0.5) is 5.69 Å². The van der Waals surface area contributed by atoms with Crippen molar-refractivity contribution in [2.24, 2.45) is 0 Å². The molecule has 2 rings (SSSR count). The molecule has 0 saturated carbocycles. The van der Waals surface area contributed by atoms with E-state index in [2.05, 4.69) is 0 Å². The van der Waals surface area contributed by atoms with Gasteiger partial charge in [-0.15, -0.1) is 0 Å². The summed E-state index contributed by atoms with van der Waals surface area (Å²) >= 11 is 0. The van der Waals surface area contributed by atoms with Gasteiger partial charge in [0.15, 0.2) is 5.78 Å². The van der Waals surface area contributed by atoms with Gasteiger partial charge < -0.3 is 10.5 Å². The second kappa shape index (κ2) is 6.05. The second-order valence-electron chi connectivity index (χ2n) is 4.30. The van der Waals surface area contributed by atoms with E-state index in [1.807, 2.05) is 25.1 Å². The largest absolute Gasteiger partial charge is 0.493 e. The standard InChI is InChI=1S/C16H17NO2/c1-2-10-19-15-9-4-3-8-14(15)16(18)12-6-5-7-13(17)11-12/h3-9,11H,2,10,17H2,1H3. The molecule has 0 aliphatic carbocycles. The van der Waals surface area contributed by atoms with E-state index in [-0.39, 0.29) is 5.78 Å². The number of rotatable bonds is 5. The first-order chi connectivity index (χ1) is 9.22. The van der Waals surface area contributed by atoms with E-state index in [0.717, 1.165) is 6.42 Å². The Kier molecular flexibility index (Phi) is 4.18. The van der Waals surface area contributed by atoms with Crippen molar-refractivity contribution in [3.63, 3.8) is 0 Å². The monoisotopic (exact) mass is 255 g/mol. The number of nitrogen functional groups attached to an aromatic ring is 1. The third kappa shape index (κ3) is 3.13. The average molecular weight is 255 g/mol. The highest BCUT2D eigenvalue weighted by Gasteiger charge is 2.14. The van der Waals surface area contributed by atoms with E-state index in [0.29, 0.717) is 29.2 Å². The van der Waals surface area contributed by atoms with Crippen LogP contribution < -0.4 is 10.5 Å². The van der Waals surface area contributed by atoms with Gasteiger partial charge in [-0.3, -0.25) is 4.79 Å². The predicted octanol–water partition coefficient (Wildman–Crippen LogP) is 3.29. The zero-order chi connectivity index (χ0) is 13.7. The minimum absolute atomic E-state index is 0.0704. The summed E-state index contributed by atoms with van der Waals surface area (Å²) in [4.78, 5) is 12.4. The van der Waals surface area contributed by atoms with Crippen LogP contribution in [0.2, 0.25) is 0 Å². The van der Waals surface area contributed by atoms with Crippen LogP contribution in [0, 0.1) is 0 Å². The molecule has 2 aromatic rings. The van der Waals surface area contributed by atoms with Gasteiger partial charge in [0.2, 0.25) is 0 Å². The summed E-state index contributed by atoms with van der Waals surface area (Å²) in [6.45, 7) is 2.63. The second-order valence-corrected chi connectivity index (χ2v) is 4.30. The number of hydrogen-bond acceptors (Lipinski definition) is 3. The lowest BCUT2D eigenvalue weighted by Gasteiger charge is -2.10. The molecule has 2 N–H and O–H groups in total. The first-order valence-electron chi connectivity index (χ1n) is 6.34. The van der Waals surface area contributed by atoms with Crippen LogP contribution in [-0.4, -0.2) is 12.4 Å². The Morgan fingerprint density at radius 1 is 1.16 bits per heavy atom. The Bertz CT molecular complexity index is 578. The number of anilines is 1. The molecule has 0 saturated heterocycles. The maximum Gasteiger partial charge on any atom is 0.196 e. The fraction of sp³-hybridized carbons (Fsp3) is 0.188. The molecule has 3 heteroatoms. The Balaban J connectivity index is 2.33. The normalized spacial score (nSPS) is 10.2. The molecule has 0 heterocycles. The first kappa shape index (κ1) is 13.1. The van der Waals surface area contributed by atoms with Gasteiger partial charge in [0, 0.05) is 11.3 Å². The van der Waals surface area contributed by atoms with Crippen molar-refractivity contribution in [3.8, 4) is 5.75 Å². The van der Waals surface area contributed by atoms with E-state index in [4.69, 9.17) is 10.5 Å². The van der Waals surface area contributed by atoms with Gasteiger partial charge in [-0.05, 0) is 30.7 Å². The SMILES string of the molecule is CCCOc1ccccc1C(=O)c1cccc(N)c1. The molecule has 98 valence electrons. The number of benzene rings is 2. The van der Waals surface area contributed by atoms with Gasteiger partial charge >= 0.3 is 0 Å². The highest BCUT2D eigenvalue weighted by atomic mass is 16.5. The number of carbonyl (C=O) groups is 1. The summed E-state index contributed by atoms with van der Waals surface area (Å²) < 4.78 is 5.61. The van der Waals surface area contributed by atoms with Gasteiger partial charge in [-0.1, -0.05) is 31.2 Å². The van der Waals surface area contributed by atoms with Crippen molar-refractivity contribution in [1.29, 1.82) is 0 Å². The topological polar surface area (TPSA) is 52.3 Å². The summed E-state index contributed by atoms with van der Waals surface area (Å²) in [7, 11) is 0. The lowest BCUT2D eigenvalue weighted by Crippen LogP contribution is -2.06. The zero-order valence-corrected chi connectivity index (χ0v) is 10.9. The number of carbonyl (C=O) groups excluding carboxylic acids is 1. The Morgan fingerprint density at radius 2 is 1.95 bits per heavy atom. The molecule has 19 heavy (non-hydrogen) atoms. The van der Waals surface area contributed by atoms with E-state index < -0.39 is 0 Å². The number of ketones is 1. The van der Waals surface area contributed by atoms with E-state index in [9.17, 15) is 4.79 Å². The Hall–Kier alpha value is -2.29. The molecule has 0 aliphatic heterocycles. The average Bonchev–Trinajstić information content (AvgIpc) is 2.44. The van der Waals surface area contributed by atoms with Crippen LogP contribution >= 0.6 is 0 Å². The fourth-order valence-corrected chi connectivity index (χ4v) is 1.83. The molecule has 0 fully saturated rings. The molecular formula is C16H17NO2. The predicted molar refractivity (Wildman–Crippen MR) is 76.5 cm³/mol. The van der Waals surface area contributed by atoms with Gasteiger partial charge in [0.05, 0.1) is 12.2 Å². The molecule has 0 aromatic heterocycles.